The van der Waals surface area contributed by atoms with Crippen molar-refractivity contribution >= 4 is 5.91 Å². The summed E-state index contributed by atoms with van der Waals surface area (Å²) in [4.78, 5) is 16.0. The van der Waals surface area contributed by atoms with Crippen LogP contribution in [0, 0.1) is 0 Å². The third-order valence-electron chi connectivity index (χ3n) is 3.16. The Kier molecular flexibility index (Phi) is 2.74. The summed E-state index contributed by atoms with van der Waals surface area (Å²) in [7, 11) is 2.11. The van der Waals surface area contributed by atoms with Gasteiger partial charge in [0.05, 0.1) is 6.54 Å². The SMILES string of the molecule is CN1CC[C@@H](N(C(=O)CN)C2CC2)C1. The molecule has 2 fully saturated rings. The molecule has 1 atom stereocenters. The summed E-state index contributed by atoms with van der Waals surface area (Å²) >= 11 is 0. The average molecular weight is 197 g/mol. The van der Waals surface area contributed by atoms with Gasteiger partial charge in [-0.15, -0.1) is 0 Å². The molecule has 0 spiro atoms. The van der Waals surface area contributed by atoms with E-state index in [-0.39, 0.29) is 12.5 Å². The van der Waals surface area contributed by atoms with E-state index in [0.29, 0.717) is 12.1 Å². The lowest BCUT2D eigenvalue weighted by Crippen LogP contribution is -2.46. The van der Waals surface area contributed by atoms with Gasteiger partial charge in [-0.2, -0.15) is 0 Å². The molecule has 0 aromatic carbocycles. The van der Waals surface area contributed by atoms with Gasteiger partial charge in [0.1, 0.15) is 0 Å². The van der Waals surface area contributed by atoms with E-state index in [2.05, 4.69) is 11.9 Å². The number of carbonyl (C=O) groups excluding carboxylic acids is 1. The van der Waals surface area contributed by atoms with E-state index in [1.807, 2.05) is 4.90 Å². The molecule has 1 saturated heterocycles. The zero-order valence-electron chi connectivity index (χ0n) is 8.78. The molecule has 1 aliphatic heterocycles. The van der Waals surface area contributed by atoms with Crippen LogP contribution in [0.1, 0.15) is 19.3 Å². The lowest BCUT2D eigenvalue weighted by atomic mass is 10.2. The van der Waals surface area contributed by atoms with Gasteiger partial charge in [-0.3, -0.25) is 4.79 Å². The van der Waals surface area contributed by atoms with Gasteiger partial charge >= 0.3 is 0 Å². The normalized spacial score (nSPS) is 28.0. The smallest absolute Gasteiger partial charge is 0.236 e. The molecule has 0 radical (unpaired) electrons. The first kappa shape index (κ1) is 9.93. The first-order valence-corrected chi connectivity index (χ1v) is 5.42. The first-order valence-electron chi connectivity index (χ1n) is 5.42. The summed E-state index contributed by atoms with van der Waals surface area (Å²) in [5, 5.41) is 0. The summed E-state index contributed by atoms with van der Waals surface area (Å²) in [5.41, 5.74) is 5.44. The van der Waals surface area contributed by atoms with E-state index in [9.17, 15) is 4.79 Å². The molecule has 0 unspecified atom stereocenters. The van der Waals surface area contributed by atoms with Gasteiger partial charge < -0.3 is 15.5 Å². The summed E-state index contributed by atoms with van der Waals surface area (Å²) in [6.07, 6.45) is 3.46. The van der Waals surface area contributed by atoms with Crippen molar-refractivity contribution in [2.24, 2.45) is 5.73 Å². The van der Waals surface area contributed by atoms with Gasteiger partial charge in [-0.05, 0) is 32.9 Å². The van der Waals surface area contributed by atoms with Crippen LogP contribution in [0.5, 0.6) is 0 Å². The number of hydrogen-bond acceptors (Lipinski definition) is 3. The van der Waals surface area contributed by atoms with Crippen LogP contribution < -0.4 is 5.73 Å². The Morgan fingerprint density at radius 3 is 2.57 bits per heavy atom. The summed E-state index contributed by atoms with van der Waals surface area (Å²) < 4.78 is 0. The predicted molar refractivity (Wildman–Crippen MR) is 54.8 cm³/mol. The summed E-state index contributed by atoms with van der Waals surface area (Å²) in [6, 6.07) is 0.922. The third kappa shape index (κ3) is 1.91. The Morgan fingerprint density at radius 1 is 1.43 bits per heavy atom. The van der Waals surface area contributed by atoms with Crippen LogP contribution in [0.3, 0.4) is 0 Å². The van der Waals surface area contributed by atoms with E-state index in [4.69, 9.17) is 5.73 Å². The van der Waals surface area contributed by atoms with Gasteiger partial charge in [0.2, 0.25) is 5.91 Å². The molecule has 14 heavy (non-hydrogen) atoms. The minimum Gasteiger partial charge on any atom is -0.334 e. The molecule has 2 N–H and O–H groups in total. The number of likely N-dealkylation sites (N-methyl/N-ethyl adjacent to an activating group) is 1. The molecule has 2 rings (SSSR count). The quantitative estimate of drug-likeness (QED) is 0.672. The molecule has 4 heteroatoms. The molecular formula is C10H19N3O. The highest BCUT2D eigenvalue weighted by atomic mass is 16.2. The molecule has 4 nitrogen and oxygen atoms in total. The maximum atomic E-state index is 11.7. The molecule has 0 aromatic heterocycles. The van der Waals surface area contributed by atoms with E-state index >= 15 is 0 Å². The summed E-state index contributed by atoms with van der Waals surface area (Å²) in [6.45, 7) is 2.28. The standard InChI is InChI=1S/C10H19N3O/c1-12-5-4-9(7-12)13(8-2-3-8)10(14)6-11/h8-9H,2-7,11H2,1H3/t9-/m1/s1. The monoisotopic (exact) mass is 197 g/mol. The highest BCUT2D eigenvalue weighted by molar-refractivity contribution is 5.79. The Morgan fingerprint density at radius 2 is 2.14 bits per heavy atom. The molecule has 1 saturated carbocycles. The van der Waals surface area contributed by atoms with E-state index in [0.717, 1.165) is 19.5 Å². The minimum atomic E-state index is 0.132. The van der Waals surface area contributed by atoms with Crippen molar-refractivity contribution < 1.29 is 4.79 Å². The second-order valence-electron chi connectivity index (χ2n) is 4.44. The van der Waals surface area contributed by atoms with Gasteiger partial charge in [-0.25, -0.2) is 0 Å². The van der Waals surface area contributed by atoms with E-state index in [1.54, 1.807) is 0 Å². The molecule has 1 amide bonds. The number of likely N-dealkylation sites (tertiary alicyclic amines) is 1. The van der Waals surface area contributed by atoms with Crippen LogP contribution in [0.2, 0.25) is 0 Å². The number of rotatable bonds is 3. The highest BCUT2D eigenvalue weighted by Gasteiger charge is 2.38. The van der Waals surface area contributed by atoms with Gasteiger partial charge in [0.15, 0.2) is 0 Å². The zero-order chi connectivity index (χ0) is 10.1. The minimum absolute atomic E-state index is 0.132. The Bertz CT molecular complexity index is 227. The van der Waals surface area contributed by atoms with Crippen LogP contribution >= 0.6 is 0 Å². The van der Waals surface area contributed by atoms with Crippen LogP contribution in [0.25, 0.3) is 0 Å². The number of amides is 1. The molecule has 0 bridgehead atoms. The van der Waals surface area contributed by atoms with Crippen molar-refractivity contribution in [3.05, 3.63) is 0 Å². The number of carbonyl (C=O) groups is 1. The van der Waals surface area contributed by atoms with Crippen molar-refractivity contribution in [3.8, 4) is 0 Å². The lowest BCUT2D eigenvalue weighted by Gasteiger charge is -2.28. The largest absolute Gasteiger partial charge is 0.334 e. The van der Waals surface area contributed by atoms with Crippen molar-refractivity contribution in [1.29, 1.82) is 0 Å². The van der Waals surface area contributed by atoms with E-state index in [1.165, 1.54) is 12.8 Å². The Balaban J connectivity index is 1.99. The molecule has 0 aromatic rings. The second kappa shape index (κ2) is 3.87. The number of nitrogens with zero attached hydrogens (tertiary/aromatic N) is 2. The van der Waals surface area contributed by atoms with Gasteiger partial charge in [-0.1, -0.05) is 0 Å². The fraction of sp³-hybridized carbons (Fsp3) is 0.900. The van der Waals surface area contributed by atoms with Crippen molar-refractivity contribution in [2.75, 3.05) is 26.7 Å². The fourth-order valence-corrected chi connectivity index (χ4v) is 2.30. The number of hydrogen-bond donors (Lipinski definition) is 1. The molecule has 80 valence electrons. The van der Waals surface area contributed by atoms with Crippen molar-refractivity contribution in [3.63, 3.8) is 0 Å². The van der Waals surface area contributed by atoms with E-state index < -0.39 is 0 Å². The predicted octanol–water partition coefficient (Wildman–Crippen LogP) is -0.360. The maximum Gasteiger partial charge on any atom is 0.236 e. The van der Waals surface area contributed by atoms with Gasteiger partial charge in [0, 0.05) is 18.6 Å². The first-order chi connectivity index (χ1) is 6.72. The molecule has 1 aliphatic carbocycles. The third-order valence-corrected chi connectivity index (χ3v) is 3.16. The molecule has 2 aliphatic rings. The van der Waals surface area contributed by atoms with Crippen LogP contribution in [-0.2, 0) is 4.79 Å². The van der Waals surface area contributed by atoms with Gasteiger partial charge in [0.25, 0.3) is 0 Å². The molecule has 1 heterocycles. The maximum absolute atomic E-state index is 11.7. The van der Waals surface area contributed by atoms with Crippen LogP contribution in [0.4, 0.5) is 0 Å². The summed E-state index contributed by atoms with van der Waals surface area (Å²) in [5.74, 6) is 0.132. The van der Waals surface area contributed by atoms with Crippen molar-refractivity contribution in [2.45, 2.75) is 31.3 Å². The zero-order valence-corrected chi connectivity index (χ0v) is 8.78. The lowest BCUT2D eigenvalue weighted by molar-refractivity contribution is -0.132. The number of nitrogens with two attached hydrogens (primary N) is 1. The Hall–Kier alpha value is -0.610. The van der Waals surface area contributed by atoms with Crippen molar-refractivity contribution in [1.82, 2.24) is 9.80 Å². The topological polar surface area (TPSA) is 49.6 Å². The van der Waals surface area contributed by atoms with Crippen LogP contribution in [0.15, 0.2) is 0 Å². The average Bonchev–Trinajstić information content (AvgIpc) is 2.90. The second-order valence-corrected chi connectivity index (χ2v) is 4.44. The molecular weight excluding hydrogens is 178 g/mol. The Labute approximate surface area is 85.0 Å². The van der Waals surface area contributed by atoms with Crippen LogP contribution in [-0.4, -0.2) is 54.5 Å². The fourth-order valence-electron chi connectivity index (χ4n) is 2.30. The highest BCUT2D eigenvalue weighted by Crippen LogP contribution is 2.31.